The summed E-state index contributed by atoms with van der Waals surface area (Å²) in [6, 6.07) is 6.68. The van der Waals surface area contributed by atoms with E-state index in [1.807, 2.05) is 0 Å². The number of aromatic amines is 1. The van der Waals surface area contributed by atoms with Gasteiger partial charge in [-0.05, 0) is 12.5 Å². The zero-order valence-corrected chi connectivity index (χ0v) is 13.5. The summed E-state index contributed by atoms with van der Waals surface area (Å²) < 4.78 is 27.4. The van der Waals surface area contributed by atoms with E-state index in [0.717, 1.165) is 5.56 Å². The highest BCUT2D eigenvalue weighted by atomic mass is 32.2. The van der Waals surface area contributed by atoms with Crippen molar-refractivity contribution in [2.24, 2.45) is 0 Å². The molecule has 1 fully saturated rings. The van der Waals surface area contributed by atoms with Crippen LogP contribution in [0.3, 0.4) is 0 Å². The van der Waals surface area contributed by atoms with Crippen LogP contribution in [-0.4, -0.2) is 54.0 Å². The maximum absolute atomic E-state index is 13.0. The molecular formula is C15H17N5O2S. The monoisotopic (exact) mass is 331 g/mol. The number of likely N-dealkylation sites (tertiary alicyclic amines) is 1. The van der Waals surface area contributed by atoms with E-state index in [4.69, 9.17) is 5.26 Å². The van der Waals surface area contributed by atoms with Gasteiger partial charge in [0.1, 0.15) is 0 Å². The van der Waals surface area contributed by atoms with Gasteiger partial charge in [-0.3, -0.25) is 5.10 Å². The standard InChI is InChI=1S/C15H17N5O2S/c1-19(13-6-7-20(10-13)11-16)23(21,22)15-5-3-2-4-14(15)12-8-17-18-9-12/h2-5,8-9,13H,6-7,10H2,1H3,(H,17,18)/t13-/m0/s1. The second-order valence-electron chi connectivity index (χ2n) is 5.49. The molecule has 8 heteroatoms. The number of rotatable bonds is 4. The molecule has 0 amide bonds. The number of sulfonamides is 1. The Morgan fingerprint density at radius 2 is 2.22 bits per heavy atom. The fraction of sp³-hybridized carbons (Fsp3) is 0.333. The summed E-state index contributed by atoms with van der Waals surface area (Å²) in [6.07, 6.45) is 5.99. The van der Waals surface area contributed by atoms with Crippen LogP contribution in [0.25, 0.3) is 11.1 Å². The molecule has 23 heavy (non-hydrogen) atoms. The number of nitrogens with one attached hydrogen (secondary N) is 1. The minimum Gasteiger partial charge on any atom is -0.309 e. The third kappa shape index (κ3) is 2.81. The van der Waals surface area contributed by atoms with Crippen molar-refractivity contribution in [3.8, 4) is 17.3 Å². The average Bonchev–Trinajstić information content (AvgIpc) is 3.25. The van der Waals surface area contributed by atoms with Crippen LogP contribution in [0.2, 0.25) is 0 Å². The van der Waals surface area contributed by atoms with E-state index >= 15 is 0 Å². The number of benzene rings is 1. The maximum Gasteiger partial charge on any atom is 0.243 e. The number of hydrogen-bond donors (Lipinski definition) is 1. The SMILES string of the molecule is CN([C@H]1CCN(C#N)C1)S(=O)(=O)c1ccccc1-c1cn[nH]c1. The van der Waals surface area contributed by atoms with Crippen molar-refractivity contribution in [3.63, 3.8) is 0 Å². The second kappa shape index (κ2) is 6.02. The predicted octanol–water partition coefficient (Wildman–Crippen LogP) is 1.25. The van der Waals surface area contributed by atoms with Gasteiger partial charge < -0.3 is 4.90 Å². The van der Waals surface area contributed by atoms with Crippen LogP contribution in [0.1, 0.15) is 6.42 Å². The Labute approximate surface area is 135 Å². The van der Waals surface area contributed by atoms with E-state index in [0.29, 0.717) is 25.1 Å². The van der Waals surface area contributed by atoms with Crippen molar-refractivity contribution in [1.82, 2.24) is 19.4 Å². The zero-order chi connectivity index (χ0) is 16.4. The molecule has 120 valence electrons. The Hall–Kier alpha value is -2.37. The van der Waals surface area contributed by atoms with Crippen molar-refractivity contribution in [1.29, 1.82) is 5.26 Å². The Balaban J connectivity index is 1.96. The van der Waals surface area contributed by atoms with E-state index < -0.39 is 10.0 Å². The van der Waals surface area contributed by atoms with Gasteiger partial charge in [-0.15, -0.1) is 0 Å². The summed E-state index contributed by atoms with van der Waals surface area (Å²) in [6.45, 7) is 1.02. The quantitative estimate of drug-likeness (QED) is 0.851. The fourth-order valence-corrected chi connectivity index (χ4v) is 4.40. The van der Waals surface area contributed by atoms with Gasteiger partial charge >= 0.3 is 0 Å². The highest BCUT2D eigenvalue weighted by Gasteiger charge is 2.34. The minimum atomic E-state index is -3.66. The summed E-state index contributed by atoms with van der Waals surface area (Å²) in [7, 11) is -2.08. The van der Waals surface area contributed by atoms with Gasteiger partial charge in [-0.1, -0.05) is 18.2 Å². The third-order valence-electron chi connectivity index (χ3n) is 4.17. The number of H-pyrrole nitrogens is 1. The molecule has 1 aliphatic heterocycles. The first-order chi connectivity index (χ1) is 11.0. The van der Waals surface area contributed by atoms with E-state index in [1.54, 1.807) is 48.6 Å². The molecule has 7 nitrogen and oxygen atoms in total. The minimum absolute atomic E-state index is 0.197. The number of hydrogen-bond acceptors (Lipinski definition) is 5. The molecular weight excluding hydrogens is 314 g/mol. The van der Waals surface area contributed by atoms with Crippen molar-refractivity contribution in [2.75, 3.05) is 20.1 Å². The first-order valence-electron chi connectivity index (χ1n) is 7.25. The lowest BCUT2D eigenvalue weighted by Crippen LogP contribution is -2.38. The average molecular weight is 331 g/mol. The Morgan fingerprint density at radius 1 is 1.43 bits per heavy atom. The summed E-state index contributed by atoms with van der Waals surface area (Å²) >= 11 is 0. The lowest BCUT2D eigenvalue weighted by Gasteiger charge is -2.24. The highest BCUT2D eigenvalue weighted by molar-refractivity contribution is 7.89. The molecule has 0 radical (unpaired) electrons. The van der Waals surface area contributed by atoms with Crippen LogP contribution in [0.5, 0.6) is 0 Å². The van der Waals surface area contributed by atoms with Gasteiger partial charge in [-0.2, -0.15) is 14.7 Å². The van der Waals surface area contributed by atoms with Crippen molar-refractivity contribution in [2.45, 2.75) is 17.4 Å². The molecule has 1 aliphatic rings. The van der Waals surface area contributed by atoms with E-state index in [1.165, 1.54) is 4.31 Å². The van der Waals surface area contributed by atoms with Crippen molar-refractivity contribution >= 4 is 10.0 Å². The van der Waals surface area contributed by atoms with E-state index in [9.17, 15) is 8.42 Å². The normalized spacial score (nSPS) is 18.3. The molecule has 1 aromatic carbocycles. The number of nitrogens with zero attached hydrogens (tertiary/aromatic N) is 4. The first kappa shape index (κ1) is 15.5. The number of aromatic nitrogens is 2. The lowest BCUT2D eigenvalue weighted by molar-refractivity contribution is 0.365. The van der Waals surface area contributed by atoms with Gasteiger partial charge in [0.05, 0.1) is 11.1 Å². The fourth-order valence-electron chi connectivity index (χ4n) is 2.81. The smallest absolute Gasteiger partial charge is 0.243 e. The van der Waals surface area contributed by atoms with Gasteiger partial charge in [-0.25, -0.2) is 8.42 Å². The summed E-state index contributed by atoms with van der Waals surface area (Å²) in [4.78, 5) is 1.83. The largest absolute Gasteiger partial charge is 0.309 e. The third-order valence-corrected chi connectivity index (χ3v) is 6.14. The molecule has 0 aliphatic carbocycles. The lowest BCUT2D eigenvalue weighted by atomic mass is 10.1. The second-order valence-corrected chi connectivity index (χ2v) is 7.46. The van der Waals surface area contributed by atoms with Crippen LogP contribution in [0.15, 0.2) is 41.6 Å². The zero-order valence-electron chi connectivity index (χ0n) is 12.7. The number of likely N-dealkylation sites (N-methyl/N-ethyl adjacent to an activating group) is 1. The summed E-state index contributed by atoms with van der Waals surface area (Å²) in [5, 5.41) is 15.5. The van der Waals surface area contributed by atoms with Gasteiger partial charge in [0.15, 0.2) is 6.19 Å². The molecule has 0 spiro atoms. The molecule has 1 N–H and O–H groups in total. The van der Waals surface area contributed by atoms with Gasteiger partial charge in [0.25, 0.3) is 0 Å². The number of nitriles is 1. The predicted molar refractivity (Wildman–Crippen MR) is 84.6 cm³/mol. The highest BCUT2D eigenvalue weighted by Crippen LogP contribution is 2.30. The van der Waals surface area contributed by atoms with Gasteiger partial charge in [0.2, 0.25) is 10.0 Å². The Bertz CT molecular complexity index is 826. The van der Waals surface area contributed by atoms with E-state index in [2.05, 4.69) is 16.4 Å². The van der Waals surface area contributed by atoms with Crippen molar-refractivity contribution < 1.29 is 8.42 Å². The molecule has 1 atom stereocenters. The first-order valence-corrected chi connectivity index (χ1v) is 8.69. The van der Waals surface area contributed by atoms with Crippen LogP contribution in [0, 0.1) is 11.5 Å². The van der Waals surface area contributed by atoms with Crippen LogP contribution in [0.4, 0.5) is 0 Å². The molecule has 0 unspecified atom stereocenters. The Morgan fingerprint density at radius 3 is 2.87 bits per heavy atom. The molecule has 1 aromatic heterocycles. The molecule has 0 saturated carbocycles. The molecule has 3 rings (SSSR count). The van der Waals surface area contributed by atoms with Gasteiger partial charge in [0, 0.05) is 43.5 Å². The van der Waals surface area contributed by atoms with Crippen molar-refractivity contribution in [3.05, 3.63) is 36.7 Å². The topological polar surface area (TPSA) is 93.1 Å². The maximum atomic E-state index is 13.0. The molecule has 2 aromatic rings. The van der Waals surface area contributed by atoms with Crippen LogP contribution in [-0.2, 0) is 10.0 Å². The van der Waals surface area contributed by atoms with E-state index in [-0.39, 0.29) is 10.9 Å². The van der Waals surface area contributed by atoms with Crippen LogP contribution >= 0.6 is 0 Å². The molecule has 1 saturated heterocycles. The Kier molecular flexibility index (Phi) is 4.07. The molecule has 2 heterocycles. The summed E-state index contributed by atoms with van der Waals surface area (Å²) in [5.74, 6) is 0. The summed E-state index contributed by atoms with van der Waals surface area (Å²) in [5.41, 5.74) is 1.34. The molecule has 0 bridgehead atoms. The van der Waals surface area contributed by atoms with Crippen LogP contribution < -0.4 is 0 Å².